The lowest BCUT2D eigenvalue weighted by molar-refractivity contribution is -0.135. The number of rotatable bonds is 3. The monoisotopic (exact) mass is 316 g/mol. The third-order valence-corrected chi connectivity index (χ3v) is 5.55. The third-order valence-electron chi connectivity index (χ3n) is 5.55. The van der Waals surface area contributed by atoms with Crippen LogP contribution in [0.2, 0.25) is 0 Å². The largest absolute Gasteiger partial charge is 0.385 e. The first-order valence-electron chi connectivity index (χ1n) is 8.75. The molecular weight excluding hydrogens is 288 g/mol. The molecular formula is C19H28N2O2. The first-order valence-corrected chi connectivity index (χ1v) is 8.75. The first kappa shape index (κ1) is 16.5. The predicted molar refractivity (Wildman–Crippen MR) is 91.1 cm³/mol. The number of nitrogens with zero attached hydrogens (tertiary/aromatic N) is 2. The lowest BCUT2D eigenvalue weighted by atomic mass is 9.82. The molecule has 3 rings (SSSR count). The molecule has 0 bridgehead atoms. The number of amides is 1. The number of likely N-dealkylation sites (tertiary alicyclic amines) is 2. The number of piperidine rings is 1. The fourth-order valence-corrected chi connectivity index (χ4v) is 4.11. The number of benzene rings is 1. The van der Waals surface area contributed by atoms with Crippen LogP contribution < -0.4 is 0 Å². The number of hydrogen-bond acceptors (Lipinski definition) is 3. The second-order valence-electron chi connectivity index (χ2n) is 7.31. The van der Waals surface area contributed by atoms with Crippen molar-refractivity contribution in [1.82, 2.24) is 9.80 Å². The fraction of sp³-hybridized carbons (Fsp3) is 0.632. The number of hydrogen-bond donors (Lipinski definition) is 1. The van der Waals surface area contributed by atoms with E-state index in [0.29, 0.717) is 12.8 Å². The second kappa shape index (κ2) is 6.25. The maximum atomic E-state index is 12.6. The van der Waals surface area contributed by atoms with Crippen LogP contribution in [0.15, 0.2) is 24.3 Å². The molecule has 126 valence electrons. The Bertz CT molecular complexity index is 576. The van der Waals surface area contributed by atoms with Crippen LogP contribution in [0.3, 0.4) is 0 Å². The van der Waals surface area contributed by atoms with Gasteiger partial charge in [0.15, 0.2) is 0 Å². The average Bonchev–Trinajstić information content (AvgIpc) is 2.90. The molecule has 23 heavy (non-hydrogen) atoms. The Morgan fingerprint density at radius 2 is 1.83 bits per heavy atom. The maximum absolute atomic E-state index is 12.6. The number of aryl methyl sites for hydroxylation is 1. The summed E-state index contributed by atoms with van der Waals surface area (Å²) in [5.41, 5.74) is 1.44. The highest BCUT2D eigenvalue weighted by Crippen LogP contribution is 2.36. The van der Waals surface area contributed by atoms with Crippen LogP contribution in [0.5, 0.6) is 0 Å². The molecule has 1 aromatic rings. The molecule has 2 fully saturated rings. The van der Waals surface area contributed by atoms with Crippen molar-refractivity contribution in [1.29, 1.82) is 0 Å². The topological polar surface area (TPSA) is 43.8 Å². The van der Waals surface area contributed by atoms with Crippen molar-refractivity contribution in [2.24, 2.45) is 0 Å². The number of carbonyl (C=O) groups is 1. The SMILES string of the molecule is Cc1ccccc1C1(O)CCN(C2CCN(C(C)C)C2=O)CC1. The summed E-state index contributed by atoms with van der Waals surface area (Å²) < 4.78 is 0. The summed E-state index contributed by atoms with van der Waals surface area (Å²) in [6.45, 7) is 8.64. The zero-order valence-electron chi connectivity index (χ0n) is 14.5. The van der Waals surface area contributed by atoms with E-state index in [1.807, 2.05) is 23.1 Å². The summed E-state index contributed by atoms with van der Waals surface area (Å²) >= 11 is 0. The van der Waals surface area contributed by atoms with E-state index in [0.717, 1.165) is 37.2 Å². The molecule has 2 saturated heterocycles. The van der Waals surface area contributed by atoms with Gasteiger partial charge in [-0.1, -0.05) is 24.3 Å². The van der Waals surface area contributed by atoms with Crippen molar-refractivity contribution in [2.75, 3.05) is 19.6 Å². The van der Waals surface area contributed by atoms with Gasteiger partial charge in [-0.3, -0.25) is 9.69 Å². The van der Waals surface area contributed by atoms with Crippen LogP contribution in [0.4, 0.5) is 0 Å². The van der Waals surface area contributed by atoms with Gasteiger partial charge in [0.05, 0.1) is 11.6 Å². The van der Waals surface area contributed by atoms with Gasteiger partial charge in [0, 0.05) is 25.7 Å². The molecule has 1 aromatic carbocycles. The molecule has 4 heteroatoms. The molecule has 1 atom stereocenters. The van der Waals surface area contributed by atoms with Crippen LogP contribution in [-0.4, -0.2) is 52.5 Å². The van der Waals surface area contributed by atoms with Crippen LogP contribution in [0.1, 0.15) is 44.2 Å². The van der Waals surface area contributed by atoms with Crippen LogP contribution >= 0.6 is 0 Å². The third kappa shape index (κ3) is 3.02. The van der Waals surface area contributed by atoms with Crippen molar-refractivity contribution in [3.05, 3.63) is 35.4 Å². The zero-order valence-corrected chi connectivity index (χ0v) is 14.5. The second-order valence-corrected chi connectivity index (χ2v) is 7.31. The van der Waals surface area contributed by atoms with Crippen molar-refractivity contribution in [3.8, 4) is 0 Å². The summed E-state index contributed by atoms with van der Waals surface area (Å²) in [6.07, 6.45) is 2.31. The standard InChI is InChI=1S/C19H28N2O2/c1-14(2)21-11-8-17(18(21)22)20-12-9-19(23,10-13-20)16-7-5-4-6-15(16)3/h4-7,14,17,23H,8-13H2,1-3H3. The average molecular weight is 316 g/mol. The zero-order chi connectivity index (χ0) is 16.6. The minimum atomic E-state index is -0.749. The number of carbonyl (C=O) groups excluding carboxylic acids is 1. The molecule has 1 amide bonds. The summed E-state index contributed by atoms with van der Waals surface area (Å²) in [4.78, 5) is 16.8. The Morgan fingerprint density at radius 3 is 2.39 bits per heavy atom. The van der Waals surface area contributed by atoms with Crippen LogP contribution in [0.25, 0.3) is 0 Å². The maximum Gasteiger partial charge on any atom is 0.240 e. The van der Waals surface area contributed by atoms with Gasteiger partial charge in [-0.2, -0.15) is 0 Å². The predicted octanol–water partition coefficient (Wildman–Crippen LogP) is 2.29. The van der Waals surface area contributed by atoms with E-state index in [2.05, 4.69) is 31.7 Å². The van der Waals surface area contributed by atoms with E-state index in [1.165, 1.54) is 0 Å². The summed E-state index contributed by atoms with van der Waals surface area (Å²) in [6, 6.07) is 8.38. The Hall–Kier alpha value is -1.39. The fourth-order valence-electron chi connectivity index (χ4n) is 4.11. The minimum Gasteiger partial charge on any atom is -0.385 e. The van der Waals surface area contributed by atoms with E-state index in [-0.39, 0.29) is 18.0 Å². The van der Waals surface area contributed by atoms with E-state index in [9.17, 15) is 9.90 Å². The van der Waals surface area contributed by atoms with E-state index >= 15 is 0 Å². The molecule has 0 radical (unpaired) electrons. The van der Waals surface area contributed by atoms with E-state index < -0.39 is 5.60 Å². The molecule has 2 heterocycles. The highest BCUT2D eigenvalue weighted by atomic mass is 16.3. The van der Waals surface area contributed by atoms with Gasteiger partial charge in [-0.15, -0.1) is 0 Å². The van der Waals surface area contributed by atoms with Crippen LogP contribution in [0, 0.1) is 6.92 Å². The van der Waals surface area contributed by atoms with Crippen molar-refractivity contribution >= 4 is 5.91 Å². The summed E-state index contributed by atoms with van der Waals surface area (Å²) in [5.74, 6) is 0.265. The van der Waals surface area contributed by atoms with E-state index in [4.69, 9.17) is 0 Å². The van der Waals surface area contributed by atoms with Gasteiger partial charge in [0.1, 0.15) is 0 Å². The minimum absolute atomic E-state index is 0.0128. The molecule has 1 N–H and O–H groups in total. The normalized spacial score (nSPS) is 25.3. The molecule has 0 aromatic heterocycles. The van der Waals surface area contributed by atoms with Gasteiger partial charge in [-0.05, 0) is 51.2 Å². The molecule has 0 aliphatic carbocycles. The Kier molecular flexibility index (Phi) is 4.47. The molecule has 4 nitrogen and oxygen atoms in total. The molecule has 2 aliphatic heterocycles. The Labute approximate surface area is 139 Å². The van der Waals surface area contributed by atoms with Gasteiger partial charge in [0.25, 0.3) is 0 Å². The van der Waals surface area contributed by atoms with Gasteiger partial charge in [-0.25, -0.2) is 0 Å². The molecule has 0 saturated carbocycles. The molecule has 2 aliphatic rings. The molecule has 0 spiro atoms. The highest BCUT2D eigenvalue weighted by molar-refractivity contribution is 5.84. The van der Waals surface area contributed by atoms with Crippen molar-refractivity contribution in [2.45, 2.75) is 57.7 Å². The van der Waals surface area contributed by atoms with Gasteiger partial charge >= 0.3 is 0 Å². The lowest BCUT2D eigenvalue weighted by Crippen LogP contribution is -2.50. The van der Waals surface area contributed by atoms with Crippen LogP contribution in [-0.2, 0) is 10.4 Å². The summed E-state index contributed by atoms with van der Waals surface area (Å²) in [7, 11) is 0. The highest BCUT2D eigenvalue weighted by Gasteiger charge is 2.42. The molecule has 1 unspecified atom stereocenters. The lowest BCUT2D eigenvalue weighted by Gasteiger charge is -2.41. The van der Waals surface area contributed by atoms with E-state index in [1.54, 1.807) is 0 Å². The Morgan fingerprint density at radius 1 is 1.17 bits per heavy atom. The number of aliphatic hydroxyl groups is 1. The Balaban J connectivity index is 1.67. The van der Waals surface area contributed by atoms with Crippen molar-refractivity contribution in [3.63, 3.8) is 0 Å². The van der Waals surface area contributed by atoms with Crippen molar-refractivity contribution < 1.29 is 9.90 Å². The quantitative estimate of drug-likeness (QED) is 0.930. The van der Waals surface area contributed by atoms with Gasteiger partial charge < -0.3 is 10.0 Å². The first-order chi connectivity index (χ1) is 10.9. The smallest absolute Gasteiger partial charge is 0.240 e. The summed E-state index contributed by atoms with van der Waals surface area (Å²) in [5, 5.41) is 11.1. The van der Waals surface area contributed by atoms with Gasteiger partial charge in [0.2, 0.25) is 5.91 Å².